The van der Waals surface area contributed by atoms with Crippen LogP contribution in [-0.2, 0) is 0 Å². The predicted octanol–water partition coefficient (Wildman–Crippen LogP) is 4.43. The summed E-state index contributed by atoms with van der Waals surface area (Å²) >= 11 is 23.2. The molecule has 0 radical (unpaired) electrons. The number of hydrogen-bond acceptors (Lipinski definition) is 0. The number of alkyl halides is 6. The molecule has 0 aliphatic heterocycles. The largest absolute Gasteiger partial charge is 0.182 e. The molecule has 0 bridgehead atoms. The minimum Gasteiger partial charge on any atom is -0.0885 e. The van der Waals surface area contributed by atoms with Crippen LogP contribution < -0.4 is 0 Å². The van der Waals surface area contributed by atoms with Crippen LogP contribution in [0.2, 0.25) is 0 Å². The lowest BCUT2D eigenvalue weighted by Gasteiger charge is -2.19. The van der Waals surface area contributed by atoms with E-state index < -0.39 is 2.34 Å². The molecule has 0 rings (SSSR count). The summed E-state index contributed by atoms with van der Waals surface area (Å²) in [5.41, 5.74) is 0. The van der Waals surface area contributed by atoms with Gasteiger partial charge in [-0.05, 0) is 22.6 Å². The van der Waals surface area contributed by atoms with Crippen molar-refractivity contribution in [3.63, 3.8) is 0 Å². The summed E-state index contributed by atoms with van der Waals surface area (Å²) in [6, 6.07) is 0. The van der Waals surface area contributed by atoms with Gasteiger partial charge in [-0.15, -0.1) is 0 Å². The molecular weight excluding hydrogens is 474 g/mol. The number of rotatable bonds is 2. The van der Waals surface area contributed by atoms with Crippen LogP contribution in [0.4, 0.5) is 0 Å². The van der Waals surface area contributed by atoms with E-state index in [0.29, 0.717) is 0 Å². The van der Waals surface area contributed by atoms with Crippen molar-refractivity contribution in [1.29, 1.82) is 0 Å². The lowest BCUT2D eigenvalue weighted by Crippen LogP contribution is -2.23. The minimum atomic E-state index is -0.782. The molecule has 1 atom stereocenters. The van der Waals surface area contributed by atoms with E-state index in [2.05, 4.69) is 47.8 Å². The quantitative estimate of drug-likeness (QED) is 0.410. The summed E-state index contributed by atoms with van der Waals surface area (Å²) in [5.74, 6) is 0. The second-order valence-electron chi connectivity index (χ2n) is 1.28. The molecule has 0 spiro atoms. The smallest absolute Gasteiger partial charge is 0.0885 e. The molecule has 0 N–H and O–H groups in total. The Bertz CT molecular complexity index is 91.5. The van der Waals surface area contributed by atoms with E-state index in [1.54, 1.807) is 0 Å². The van der Waals surface area contributed by atoms with Crippen LogP contribution in [-0.4, -0.2) is 10.9 Å². The Morgan fingerprint density at radius 2 is 1.56 bits per heavy atom. The first-order valence-electron chi connectivity index (χ1n) is 1.84. The van der Waals surface area contributed by atoms with Gasteiger partial charge in [0.25, 0.3) is 0 Å². The van der Waals surface area contributed by atoms with Gasteiger partial charge in [0.2, 0.25) is 0 Å². The van der Waals surface area contributed by atoms with Crippen LogP contribution in [0.5, 0.6) is 0 Å². The van der Waals surface area contributed by atoms with E-state index in [4.69, 9.17) is 23.2 Å². The van der Waals surface area contributed by atoms with Gasteiger partial charge < -0.3 is 0 Å². The highest BCUT2D eigenvalue weighted by atomic mass is 127. The maximum Gasteiger partial charge on any atom is 0.182 e. The van der Waals surface area contributed by atoms with Gasteiger partial charge in [-0.2, -0.15) is 0 Å². The second kappa shape index (κ2) is 4.70. The summed E-state index contributed by atoms with van der Waals surface area (Å²) in [6.07, 6.45) is 0. The molecule has 0 nitrogen and oxygen atoms in total. The third kappa shape index (κ3) is 5.06. The molecule has 0 fully saturated rings. The van der Waals surface area contributed by atoms with Crippen LogP contribution in [0.25, 0.3) is 0 Å². The zero-order valence-corrected chi connectivity index (χ0v) is 12.3. The molecule has 0 aliphatic rings. The molecule has 0 aliphatic carbocycles. The van der Waals surface area contributed by atoms with Gasteiger partial charge in [0.05, 0.1) is 8.56 Å². The third-order valence-electron chi connectivity index (χ3n) is 0.534. The van der Waals surface area contributed by atoms with E-state index in [9.17, 15) is 0 Å². The maximum absolute atomic E-state index is 5.72. The lowest BCUT2D eigenvalue weighted by molar-refractivity contribution is 1.06. The van der Waals surface area contributed by atoms with Gasteiger partial charge in [0.15, 0.2) is 2.34 Å². The molecule has 6 heteroatoms. The van der Waals surface area contributed by atoms with Crippen molar-refractivity contribution < 1.29 is 0 Å². The molecule has 9 heavy (non-hydrogen) atoms. The minimum absolute atomic E-state index is 0.0195. The second-order valence-corrected chi connectivity index (χ2v) is 9.83. The summed E-state index contributed by atoms with van der Waals surface area (Å²) in [7, 11) is 0. The summed E-state index contributed by atoms with van der Waals surface area (Å²) in [6.45, 7) is 0. The Hall–Kier alpha value is 2.75. The Morgan fingerprint density at radius 1 is 1.22 bits per heavy atom. The number of halogens is 6. The molecule has 56 valence electrons. The molecular formula is C3H2Br3Cl2I. The zero-order valence-electron chi connectivity index (χ0n) is 3.92. The normalized spacial score (nSPS) is 16.3. The van der Waals surface area contributed by atoms with E-state index >= 15 is 0 Å². The highest BCUT2D eigenvalue weighted by molar-refractivity contribution is 14.1. The monoisotopic (exact) mass is 472 g/mol. The van der Waals surface area contributed by atoms with Crippen molar-refractivity contribution in [2.75, 3.05) is 0 Å². The van der Waals surface area contributed by atoms with E-state index in [1.165, 1.54) is 0 Å². The molecule has 0 aromatic heterocycles. The van der Waals surface area contributed by atoms with E-state index in [0.717, 1.165) is 0 Å². The average Bonchev–Trinajstić information content (AvgIpc) is 1.62. The molecule has 0 amide bonds. The van der Waals surface area contributed by atoms with Gasteiger partial charge in [-0.25, -0.2) is 0 Å². The highest BCUT2D eigenvalue weighted by Crippen LogP contribution is 2.42. The van der Waals surface area contributed by atoms with Crippen molar-refractivity contribution in [1.82, 2.24) is 0 Å². The first kappa shape index (κ1) is 11.8. The van der Waals surface area contributed by atoms with E-state index in [-0.39, 0.29) is 8.56 Å². The summed E-state index contributed by atoms with van der Waals surface area (Å²) in [5, 5.41) is 0. The van der Waals surface area contributed by atoms with Crippen molar-refractivity contribution in [2.45, 2.75) is 10.9 Å². The zero-order chi connectivity index (χ0) is 7.65. The summed E-state index contributed by atoms with van der Waals surface area (Å²) < 4.78 is -0.702. The molecule has 0 aromatic rings. The van der Waals surface area contributed by atoms with Crippen molar-refractivity contribution in [2.24, 2.45) is 0 Å². The molecule has 0 saturated carbocycles. The third-order valence-corrected chi connectivity index (χ3v) is 6.75. The van der Waals surface area contributed by atoms with Crippen LogP contribution in [0.3, 0.4) is 0 Å². The standard InChI is InChI=1S/C3H2Br3Cl2I/c4-1(2(5)6)3(7,8)9/h1-2H. The SMILES string of the molecule is ClC(Cl)(I)C(Br)C(Br)Br. The van der Waals surface area contributed by atoms with Crippen LogP contribution in [0.1, 0.15) is 0 Å². The van der Waals surface area contributed by atoms with Gasteiger partial charge in [-0.3, -0.25) is 0 Å². The van der Waals surface area contributed by atoms with Crippen molar-refractivity contribution in [3.8, 4) is 0 Å². The van der Waals surface area contributed by atoms with E-state index in [1.807, 2.05) is 22.6 Å². The lowest BCUT2D eigenvalue weighted by atomic mass is 10.6. The predicted molar refractivity (Wildman–Crippen MR) is 62.8 cm³/mol. The first-order valence-corrected chi connectivity index (χ1v) is 6.43. The first-order chi connectivity index (χ1) is 3.85. The van der Waals surface area contributed by atoms with Crippen molar-refractivity contribution >= 4 is 93.6 Å². The fourth-order valence-corrected chi connectivity index (χ4v) is 3.14. The fraction of sp³-hybridized carbons (Fsp3) is 1.00. The Kier molecular flexibility index (Phi) is 6.13. The van der Waals surface area contributed by atoms with Crippen LogP contribution >= 0.6 is 93.6 Å². The van der Waals surface area contributed by atoms with Gasteiger partial charge in [0, 0.05) is 0 Å². The average molecular weight is 476 g/mol. The molecule has 1 unspecified atom stereocenters. The fourth-order valence-electron chi connectivity index (χ4n) is 0.143. The molecule has 0 heterocycles. The highest BCUT2D eigenvalue weighted by Gasteiger charge is 2.33. The van der Waals surface area contributed by atoms with Crippen molar-refractivity contribution in [3.05, 3.63) is 0 Å². The van der Waals surface area contributed by atoms with Gasteiger partial charge >= 0.3 is 0 Å². The molecule has 0 saturated heterocycles. The van der Waals surface area contributed by atoms with Gasteiger partial charge in [0.1, 0.15) is 0 Å². The Morgan fingerprint density at radius 3 is 1.56 bits per heavy atom. The number of hydrogen-bond donors (Lipinski definition) is 0. The van der Waals surface area contributed by atoms with Gasteiger partial charge in [-0.1, -0.05) is 71.0 Å². The Balaban J connectivity index is 3.88. The van der Waals surface area contributed by atoms with Crippen LogP contribution in [0, 0.1) is 0 Å². The topological polar surface area (TPSA) is 0 Å². The Labute approximate surface area is 103 Å². The molecule has 0 aromatic carbocycles. The maximum atomic E-state index is 5.72. The summed E-state index contributed by atoms with van der Waals surface area (Å²) in [4.78, 5) is -0.0195. The van der Waals surface area contributed by atoms with Crippen LogP contribution in [0.15, 0.2) is 0 Å².